The van der Waals surface area contributed by atoms with Gasteiger partial charge >= 0.3 is 5.97 Å². The zero-order valence-electron chi connectivity index (χ0n) is 9.16. The highest BCUT2D eigenvalue weighted by atomic mass is 16.4. The first kappa shape index (κ1) is 10.2. The van der Waals surface area contributed by atoms with E-state index in [0.717, 1.165) is 12.8 Å². The van der Waals surface area contributed by atoms with E-state index in [9.17, 15) is 9.90 Å². The summed E-state index contributed by atoms with van der Waals surface area (Å²) in [7, 11) is 0. The van der Waals surface area contributed by atoms with Crippen LogP contribution in [0.3, 0.4) is 0 Å². The molecular formula is C13H16O2. The van der Waals surface area contributed by atoms with Crippen molar-refractivity contribution in [2.24, 2.45) is 5.41 Å². The second-order valence-electron chi connectivity index (χ2n) is 4.48. The van der Waals surface area contributed by atoms with Gasteiger partial charge in [0.05, 0.1) is 5.41 Å². The average molecular weight is 204 g/mol. The summed E-state index contributed by atoms with van der Waals surface area (Å²) in [4.78, 5) is 11.2. The number of rotatable bonds is 3. The monoisotopic (exact) mass is 204 g/mol. The first-order valence-corrected chi connectivity index (χ1v) is 5.40. The summed E-state index contributed by atoms with van der Waals surface area (Å²) >= 11 is 0. The van der Waals surface area contributed by atoms with E-state index in [1.807, 2.05) is 13.8 Å². The van der Waals surface area contributed by atoms with Crippen molar-refractivity contribution in [1.29, 1.82) is 0 Å². The maximum atomic E-state index is 11.2. The van der Waals surface area contributed by atoms with Crippen LogP contribution in [0.2, 0.25) is 0 Å². The summed E-state index contributed by atoms with van der Waals surface area (Å²) in [6.07, 6.45) is 1.52. The molecule has 0 amide bonds. The molecule has 1 fully saturated rings. The van der Waals surface area contributed by atoms with Crippen LogP contribution in [0, 0.1) is 12.3 Å². The SMILES string of the molecule is CC[C@@]1(C(=O)O)C[C@@H]1c1ccc(C)cc1. The van der Waals surface area contributed by atoms with Gasteiger partial charge in [0, 0.05) is 5.92 Å². The summed E-state index contributed by atoms with van der Waals surface area (Å²) in [5, 5.41) is 9.19. The van der Waals surface area contributed by atoms with Crippen LogP contribution in [0.5, 0.6) is 0 Å². The molecule has 1 aromatic rings. The van der Waals surface area contributed by atoms with Gasteiger partial charge in [0.2, 0.25) is 0 Å². The molecule has 2 rings (SSSR count). The predicted molar refractivity (Wildman–Crippen MR) is 58.9 cm³/mol. The standard InChI is InChI=1S/C13H16O2/c1-3-13(12(14)15)8-11(13)10-6-4-9(2)5-7-10/h4-7,11H,3,8H2,1-2H3,(H,14,15)/t11-,13-/m1/s1. The Morgan fingerprint density at radius 1 is 1.47 bits per heavy atom. The van der Waals surface area contributed by atoms with Crippen LogP contribution in [0.25, 0.3) is 0 Å². The van der Waals surface area contributed by atoms with E-state index in [4.69, 9.17) is 0 Å². The van der Waals surface area contributed by atoms with E-state index in [0.29, 0.717) is 0 Å². The third-order valence-electron chi connectivity index (χ3n) is 3.61. The van der Waals surface area contributed by atoms with E-state index in [2.05, 4.69) is 24.3 Å². The Morgan fingerprint density at radius 3 is 2.47 bits per heavy atom. The van der Waals surface area contributed by atoms with Crippen LogP contribution < -0.4 is 0 Å². The lowest BCUT2D eigenvalue weighted by atomic mass is 9.96. The Bertz CT molecular complexity index is 380. The highest BCUT2D eigenvalue weighted by Gasteiger charge is 2.59. The van der Waals surface area contributed by atoms with Gasteiger partial charge in [0.1, 0.15) is 0 Å². The van der Waals surface area contributed by atoms with Gasteiger partial charge in [-0.1, -0.05) is 36.8 Å². The molecule has 0 saturated heterocycles. The number of carboxylic acid groups (broad SMARTS) is 1. The highest BCUT2D eigenvalue weighted by Crippen LogP contribution is 2.61. The third kappa shape index (κ3) is 1.54. The minimum Gasteiger partial charge on any atom is -0.481 e. The lowest BCUT2D eigenvalue weighted by Crippen LogP contribution is -2.15. The summed E-state index contributed by atoms with van der Waals surface area (Å²) < 4.78 is 0. The first-order chi connectivity index (χ1) is 7.10. The molecule has 2 atom stereocenters. The largest absolute Gasteiger partial charge is 0.481 e. The molecule has 2 heteroatoms. The number of carbonyl (C=O) groups is 1. The number of aliphatic carboxylic acids is 1. The fraction of sp³-hybridized carbons (Fsp3) is 0.462. The molecule has 0 heterocycles. The second-order valence-corrected chi connectivity index (χ2v) is 4.48. The molecule has 0 unspecified atom stereocenters. The van der Waals surface area contributed by atoms with Crippen LogP contribution in [-0.2, 0) is 4.79 Å². The van der Waals surface area contributed by atoms with E-state index < -0.39 is 11.4 Å². The number of hydrogen-bond donors (Lipinski definition) is 1. The molecule has 1 aliphatic rings. The van der Waals surface area contributed by atoms with Gasteiger partial charge in [0.25, 0.3) is 0 Å². The fourth-order valence-electron chi connectivity index (χ4n) is 2.32. The van der Waals surface area contributed by atoms with Gasteiger partial charge in [-0.15, -0.1) is 0 Å². The van der Waals surface area contributed by atoms with Crippen LogP contribution >= 0.6 is 0 Å². The minimum atomic E-state index is -0.643. The Morgan fingerprint density at radius 2 is 2.07 bits per heavy atom. The topological polar surface area (TPSA) is 37.3 Å². The van der Waals surface area contributed by atoms with Crippen molar-refractivity contribution in [2.75, 3.05) is 0 Å². The molecule has 80 valence electrons. The molecular weight excluding hydrogens is 188 g/mol. The van der Waals surface area contributed by atoms with Crippen molar-refractivity contribution in [3.05, 3.63) is 35.4 Å². The number of benzene rings is 1. The molecule has 1 saturated carbocycles. The van der Waals surface area contributed by atoms with Crippen molar-refractivity contribution < 1.29 is 9.90 Å². The normalized spacial score (nSPS) is 28.8. The van der Waals surface area contributed by atoms with E-state index in [1.165, 1.54) is 11.1 Å². The van der Waals surface area contributed by atoms with E-state index >= 15 is 0 Å². The summed E-state index contributed by atoms with van der Waals surface area (Å²) in [6, 6.07) is 8.21. The summed E-state index contributed by atoms with van der Waals surface area (Å²) in [5.74, 6) is -0.420. The van der Waals surface area contributed by atoms with Crippen molar-refractivity contribution in [2.45, 2.75) is 32.6 Å². The second kappa shape index (κ2) is 3.37. The molecule has 0 aromatic heterocycles. The smallest absolute Gasteiger partial charge is 0.310 e. The summed E-state index contributed by atoms with van der Waals surface area (Å²) in [5.41, 5.74) is 1.91. The van der Waals surface area contributed by atoms with E-state index in [-0.39, 0.29) is 5.92 Å². The zero-order chi connectivity index (χ0) is 11.1. The average Bonchev–Trinajstić information content (AvgIpc) is 2.95. The molecule has 1 N–H and O–H groups in total. The molecule has 0 spiro atoms. The van der Waals surface area contributed by atoms with Gasteiger partial charge in [0.15, 0.2) is 0 Å². The van der Waals surface area contributed by atoms with Crippen molar-refractivity contribution in [3.8, 4) is 0 Å². The maximum Gasteiger partial charge on any atom is 0.310 e. The molecule has 0 bridgehead atoms. The van der Waals surface area contributed by atoms with E-state index in [1.54, 1.807) is 0 Å². The Kier molecular flexibility index (Phi) is 2.29. The lowest BCUT2D eigenvalue weighted by molar-refractivity contribution is -0.143. The summed E-state index contributed by atoms with van der Waals surface area (Å²) in [6.45, 7) is 4.00. The molecule has 0 aliphatic heterocycles. The predicted octanol–water partition coefficient (Wildman–Crippen LogP) is 2.96. The van der Waals surface area contributed by atoms with Gasteiger partial charge in [-0.25, -0.2) is 0 Å². The number of carboxylic acids is 1. The number of aryl methyl sites for hydroxylation is 1. The minimum absolute atomic E-state index is 0.223. The molecule has 2 nitrogen and oxygen atoms in total. The Labute approximate surface area is 89.9 Å². The molecule has 1 aromatic carbocycles. The molecule has 15 heavy (non-hydrogen) atoms. The van der Waals surface area contributed by atoms with Crippen LogP contribution in [0.4, 0.5) is 0 Å². The fourth-order valence-corrected chi connectivity index (χ4v) is 2.32. The van der Waals surface area contributed by atoms with Gasteiger partial charge in [-0.2, -0.15) is 0 Å². The lowest BCUT2D eigenvalue weighted by Gasteiger charge is -2.09. The Balaban J connectivity index is 2.22. The van der Waals surface area contributed by atoms with Gasteiger partial charge in [-0.3, -0.25) is 4.79 Å². The third-order valence-corrected chi connectivity index (χ3v) is 3.61. The Hall–Kier alpha value is -1.31. The van der Waals surface area contributed by atoms with Crippen LogP contribution in [0.15, 0.2) is 24.3 Å². The van der Waals surface area contributed by atoms with Crippen LogP contribution in [-0.4, -0.2) is 11.1 Å². The van der Waals surface area contributed by atoms with Gasteiger partial charge in [-0.05, 0) is 25.3 Å². The zero-order valence-corrected chi connectivity index (χ0v) is 9.16. The molecule has 0 radical (unpaired) electrons. The van der Waals surface area contributed by atoms with Crippen LogP contribution in [0.1, 0.15) is 36.8 Å². The number of hydrogen-bond acceptors (Lipinski definition) is 1. The van der Waals surface area contributed by atoms with Crippen molar-refractivity contribution in [3.63, 3.8) is 0 Å². The first-order valence-electron chi connectivity index (χ1n) is 5.40. The quantitative estimate of drug-likeness (QED) is 0.821. The van der Waals surface area contributed by atoms with Crippen molar-refractivity contribution >= 4 is 5.97 Å². The van der Waals surface area contributed by atoms with Gasteiger partial charge < -0.3 is 5.11 Å². The van der Waals surface area contributed by atoms with Crippen molar-refractivity contribution in [1.82, 2.24) is 0 Å². The highest BCUT2D eigenvalue weighted by molar-refractivity contribution is 5.80. The maximum absolute atomic E-state index is 11.2. The molecule has 1 aliphatic carbocycles.